The number of hydrogen-bond acceptors (Lipinski definition) is 4. The highest BCUT2D eigenvalue weighted by Gasteiger charge is 2.27. The first kappa shape index (κ1) is 15.7. The van der Waals surface area contributed by atoms with Gasteiger partial charge in [-0.2, -0.15) is 0 Å². The fourth-order valence-corrected chi connectivity index (χ4v) is 1.89. The molecule has 19 heavy (non-hydrogen) atoms. The lowest BCUT2D eigenvalue weighted by atomic mass is 10.2. The number of nitrogens with one attached hydrogen (secondary N) is 1. The summed E-state index contributed by atoms with van der Waals surface area (Å²) in [5.41, 5.74) is 0. The molecule has 0 spiro atoms. The number of ether oxygens (including phenoxy) is 1. The highest BCUT2D eigenvalue weighted by molar-refractivity contribution is 5.75. The molecule has 0 aromatic rings. The van der Waals surface area contributed by atoms with Gasteiger partial charge in [0.2, 0.25) is 0 Å². The Balaban J connectivity index is 2.33. The Morgan fingerprint density at radius 2 is 1.84 bits per heavy atom. The van der Waals surface area contributed by atoms with Crippen molar-refractivity contribution in [3.8, 4) is 0 Å². The first-order chi connectivity index (χ1) is 8.95. The van der Waals surface area contributed by atoms with Crippen LogP contribution in [-0.4, -0.2) is 78.9 Å². The molecule has 1 aliphatic rings. The normalized spacial score (nSPS) is 19.8. The number of methoxy groups -OCH3 is 1. The van der Waals surface area contributed by atoms with E-state index in [1.807, 2.05) is 11.8 Å². The van der Waals surface area contributed by atoms with Crippen molar-refractivity contribution in [3.05, 3.63) is 0 Å². The van der Waals surface area contributed by atoms with E-state index in [4.69, 9.17) is 9.84 Å². The second-order valence-electron chi connectivity index (χ2n) is 4.77. The topological polar surface area (TPSA) is 82.1 Å². The summed E-state index contributed by atoms with van der Waals surface area (Å²) in [5, 5.41) is 11.7. The largest absolute Gasteiger partial charge is 0.480 e. The molecule has 110 valence electrons. The minimum absolute atomic E-state index is 0.0164. The molecule has 1 rings (SSSR count). The number of carboxylic acids is 1. The number of carbonyl (C=O) groups excluding carboxylic acids is 1. The van der Waals surface area contributed by atoms with E-state index in [0.29, 0.717) is 32.7 Å². The standard InChI is InChI=1S/C12H23N3O4/c1-9(19-3)8-13-12(18)15-6-4-14(5-7-15)10(2)11(16)17/h9-10H,4-8H2,1-3H3,(H,13,18)(H,16,17). The first-order valence-corrected chi connectivity index (χ1v) is 6.48. The Hall–Kier alpha value is -1.34. The summed E-state index contributed by atoms with van der Waals surface area (Å²) >= 11 is 0. The molecule has 0 aliphatic carbocycles. The highest BCUT2D eigenvalue weighted by Crippen LogP contribution is 2.06. The molecule has 1 aliphatic heterocycles. The summed E-state index contributed by atoms with van der Waals surface area (Å²) in [6.07, 6.45) is -0.0164. The Kier molecular flexibility index (Phi) is 6.04. The molecular weight excluding hydrogens is 250 g/mol. The van der Waals surface area contributed by atoms with Crippen LogP contribution in [0.1, 0.15) is 13.8 Å². The zero-order valence-corrected chi connectivity index (χ0v) is 11.8. The summed E-state index contributed by atoms with van der Waals surface area (Å²) in [4.78, 5) is 26.3. The Morgan fingerprint density at radius 1 is 1.26 bits per heavy atom. The van der Waals surface area contributed by atoms with Gasteiger partial charge in [-0.15, -0.1) is 0 Å². The molecule has 1 fully saturated rings. The minimum atomic E-state index is -0.827. The maximum absolute atomic E-state index is 11.9. The van der Waals surface area contributed by atoms with Crippen LogP contribution in [0.5, 0.6) is 0 Å². The third kappa shape index (κ3) is 4.68. The van der Waals surface area contributed by atoms with Crippen molar-refractivity contribution in [3.63, 3.8) is 0 Å². The van der Waals surface area contributed by atoms with Crippen LogP contribution in [0.3, 0.4) is 0 Å². The Bertz CT molecular complexity index is 316. The van der Waals surface area contributed by atoms with Gasteiger partial charge in [-0.3, -0.25) is 9.69 Å². The molecule has 7 heteroatoms. The zero-order chi connectivity index (χ0) is 14.4. The summed E-state index contributed by atoms with van der Waals surface area (Å²) in [6, 6.07) is -0.620. The fraction of sp³-hybridized carbons (Fsp3) is 0.833. The van der Waals surface area contributed by atoms with E-state index in [2.05, 4.69) is 5.32 Å². The van der Waals surface area contributed by atoms with Crippen LogP contribution in [0.2, 0.25) is 0 Å². The number of carboxylic acid groups (broad SMARTS) is 1. The van der Waals surface area contributed by atoms with Gasteiger partial charge >= 0.3 is 12.0 Å². The van der Waals surface area contributed by atoms with Crippen molar-refractivity contribution in [1.82, 2.24) is 15.1 Å². The van der Waals surface area contributed by atoms with Gasteiger partial charge in [0.1, 0.15) is 6.04 Å². The maximum atomic E-state index is 11.9. The van der Waals surface area contributed by atoms with Gasteiger partial charge in [0.15, 0.2) is 0 Å². The molecule has 7 nitrogen and oxygen atoms in total. The molecule has 0 aromatic carbocycles. The molecule has 1 heterocycles. The van der Waals surface area contributed by atoms with E-state index in [9.17, 15) is 9.59 Å². The number of rotatable bonds is 5. The minimum Gasteiger partial charge on any atom is -0.480 e. The average Bonchev–Trinajstić information content (AvgIpc) is 2.43. The van der Waals surface area contributed by atoms with Gasteiger partial charge in [0.25, 0.3) is 0 Å². The van der Waals surface area contributed by atoms with Gasteiger partial charge in [-0.1, -0.05) is 0 Å². The van der Waals surface area contributed by atoms with Crippen LogP contribution < -0.4 is 5.32 Å². The Morgan fingerprint density at radius 3 is 2.32 bits per heavy atom. The predicted molar refractivity (Wildman–Crippen MR) is 70.1 cm³/mol. The van der Waals surface area contributed by atoms with Crippen molar-refractivity contribution >= 4 is 12.0 Å². The van der Waals surface area contributed by atoms with E-state index in [-0.39, 0.29) is 12.1 Å². The summed E-state index contributed by atoms with van der Waals surface area (Å²) < 4.78 is 5.06. The quantitative estimate of drug-likeness (QED) is 0.726. The van der Waals surface area contributed by atoms with Crippen molar-refractivity contribution in [2.75, 3.05) is 39.8 Å². The second-order valence-corrected chi connectivity index (χ2v) is 4.77. The molecule has 2 unspecified atom stereocenters. The monoisotopic (exact) mass is 273 g/mol. The molecule has 1 saturated heterocycles. The van der Waals surface area contributed by atoms with Crippen molar-refractivity contribution in [2.24, 2.45) is 0 Å². The molecule has 2 amide bonds. The predicted octanol–water partition coefficient (Wildman–Crippen LogP) is -0.178. The van der Waals surface area contributed by atoms with E-state index >= 15 is 0 Å². The van der Waals surface area contributed by atoms with Gasteiger partial charge in [0.05, 0.1) is 6.10 Å². The fourth-order valence-electron chi connectivity index (χ4n) is 1.89. The lowest BCUT2D eigenvalue weighted by molar-refractivity contribution is -0.143. The van der Waals surface area contributed by atoms with Crippen molar-refractivity contribution < 1.29 is 19.4 Å². The number of piperazine rings is 1. The van der Waals surface area contributed by atoms with E-state index < -0.39 is 12.0 Å². The summed E-state index contributed by atoms with van der Waals surface area (Å²) in [6.45, 7) is 6.28. The maximum Gasteiger partial charge on any atom is 0.320 e. The van der Waals surface area contributed by atoms with Crippen LogP contribution in [0.15, 0.2) is 0 Å². The summed E-state index contributed by atoms with van der Waals surface area (Å²) in [5.74, 6) is -0.827. The van der Waals surface area contributed by atoms with Gasteiger partial charge in [0, 0.05) is 39.8 Å². The number of carbonyl (C=O) groups is 2. The first-order valence-electron chi connectivity index (χ1n) is 6.48. The molecular formula is C12H23N3O4. The average molecular weight is 273 g/mol. The van der Waals surface area contributed by atoms with Crippen LogP contribution >= 0.6 is 0 Å². The number of hydrogen-bond donors (Lipinski definition) is 2. The smallest absolute Gasteiger partial charge is 0.320 e. The van der Waals surface area contributed by atoms with Crippen LogP contribution in [0.4, 0.5) is 4.79 Å². The molecule has 0 saturated carbocycles. The molecule has 0 radical (unpaired) electrons. The van der Waals surface area contributed by atoms with Crippen LogP contribution in [0.25, 0.3) is 0 Å². The molecule has 0 aromatic heterocycles. The van der Waals surface area contributed by atoms with Crippen molar-refractivity contribution in [2.45, 2.75) is 26.0 Å². The molecule has 2 atom stereocenters. The van der Waals surface area contributed by atoms with Crippen LogP contribution in [-0.2, 0) is 9.53 Å². The zero-order valence-electron chi connectivity index (χ0n) is 11.8. The van der Waals surface area contributed by atoms with Crippen LogP contribution in [0, 0.1) is 0 Å². The molecule has 2 N–H and O–H groups in total. The summed E-state index contributed by atoms with van der Waals surface area (Å²) in [7, 11) is 1.60. The third-order valence-corrected chi connectivity index (χ3v) is 3.45. The third-order valence-electron chi connectivity index (χ3n) is 3.45. The number of urea groups is 1. The van der Waals surface area contributed by atoms with Gasteiger partial charge in [-0.05, 0) is 13.8 Å². The van der Waals surface area contributed by atoms with E-state index in [1.165, 1.54) is 0 Å². The second kappa shape index (κ2) is 7.30. The van der Waals surface area contributed by atoms with Crippen molar-refractivity contribution in [1.29, 1.82) is 0 Å². The van der Waals surface area contributed by atoms with Gasteiger partial charge in [-0.25, -0.2) is 4.79 Å². The molecule has 0 bridgehead atoms. The van der Waals surface area contributed by atoms with Gasteiger partial charge < -0.3 is 20.1 Å². The number of aliphatic carboxylic acids is 1. The lowest BCUT2D eigenvalue weighted by Gasteiger charge is -2.36. The Labute approximate surface area is 113 Å². The SMILES string of the molecule is COC(C)CNC(=O)N1CCN(C(C)C(=O)O)CC1. The van der Waals surface area contributed by atoms with E-state index in [0.717, 1.165) is 0 Å². The highest BCUT2D eigenvalue weighted by atomic mass is 16.5. The lowest BCUT2D eigenvalue weighted by Crippen LogP contribution is -2.55. The van der Waals surface area contributed by atoms with E-state index in [1.54, 1.807) is 18.9 Å². The number of amides is 2. The number of nitrogens with zero attached hydrogens (tertiary/aromatic N) is 2.